The summed E-state index contributed by atoms with van der Waals surface area (Å²) < 4.78 is 0. The van der Waals surface area contributed by atoms with E-state index in [1.54, 1.807) is 0 Å². The molecule has 34 heavy (non-hydrogen) atoms. The van der Waals surface area contributed by atoms with Crippen LogP contribution in [0.25, 0.3) is 0 Å². The number of Topliss-reactive ketones (excluding diaryl/α,β-unsaturated/α-hetero) is 1. The van der Waals surface area contributed by atoms with E-state index in [4.69, 9.17) is 5.11 Å². The van der Waals surface area contributed by atoms with E-state index in [0.29, 0.717) is 19.3 Å². The third-order valence-electron chi connectivity index (χ3n) is 7.73. The van der Waals surface area contributed by atoms with Gasteiger partial charge < -0.3 is 20.6 Å². The maximum Gasteiger partial charge on any atom is 0.220 e. The smallest absolute Gasteiger partial charge is 0.220 e. The quantitative estimate of drug-likeness (QED) is 0.257. The fraction of sp³-hybridized carbons (Fsp3) is 0.643. The second kappa shape index (κ2) is 12.6. The Morgan fingerprint density at radius 3 is 2.76 bits per heavy atom. The summed E-state index contributed by atoms with van der Waals surface area (Å²) in [7, 11) is 0. The van der Waals surface area contributed by atoms with Gasteiger partial charge >= 0.3 is 0 Å². The summed E-state index contributed by atoms with van der Waals surface area (Å²) in [5.74, 6) is -0.531. The van der Waals surface area contributed by atoms with Gasteiger partial charge in [-0.15, -0.1) is 0 Å². The van der Waals surface area contributed by atoms with Crippen LogP contribution in [0.3, 0.4) is 0 Å². The van der Waals surface area contributed by atoms with E-state index in [-0.39, 0.29) is 48.5 Å². The number of hydrogen-bond donors (Lipinski definition) is 4. The Labute approximate surface area is 203 Å². The van der Waals surface area contributed by atoms with Crippen LogP contribution in [0.1, 0.15) is 94.3 Å². The number of nitrogens with one attached hydrogen (secondary N) is 1. The number of ketones is 1. The van der Waals surface area contributed by atoms with E-state index < -0.39 is 12.2 Å². The number of carbonyl (C=O) groups is 2. The molecule has 6 nitrogen and oxygen atoms in total. The predicted octanol–water partition coefficient (Wildman–Crippen LogP) is 3.95. The summed E-state index contributed by atoms with van der Waals surface area (Å²) in [4.78, 5) is 24.3. The lowest BCUT2D eigenvalue weighted by atomic mass is 9.61. The summed E-state index contributed by atoms with van der Waals surface area (Å²) in [6, 6.07) is 7.89. The van der Waals surface area contributed by atoms with Gasteiger partial charge in [-0.1, -0.05) is 56.2 Å². The Hall–Kier alpha value is -2.02. The van der Waals surface area contributed by atoms with Gasteiger partial charge in [0.05, 0.1) is 18.8 Å². The average Bonchev–Trinajstić information content (AvgIpc) is 3.09. The first-order valence-corrected chi connectivity index (χ1v) is 12.9. The molecule has 2 aliphatic carbocycles. The molecule has 1 aromatic carbocycles. The normalized spacial score (nSPS) is 24.8. The molecular formula is C28H41NO5. The van der Waals surface area contributed by atoms with Crippen LogP contribution in [0.4, 0.5) is 0 Å². The molecule has 0 radical (unpaired) electrons. The first kappa shape index (κ1) is 26.6. The van der Waals surface area contributed by atoms with Crippen LogP contribution in [0, 0.1) is 11.3 Å². The van der Waals surface area contributed by atoms with Crippen molar-refractivity contribution in [2.24, 2.45) is 11.3 Å². The number of allylic oxidation sites excluding steroid dienone is 2. The highest BCUT2D eigenvalue weighted by molar-refractivity contribution is 5.85. The van der Waals surface area contributed by atoms with Crippen molar-refractivity contribution in [1.29, 1.82) is 0 Å². The second-order valence-electron chi connectivity index (χ2n) is 10.1. The van der Waals surface area contributed by atoms with Crippen LogP contribution >= 0.6 is 0 Å². The monoisotopic (exact) mass is 471 g/mol. The molecule has 0 saturated heterocycles. The maximum absolute atomic E-state index is 12.7. The molecule has 0 aromatic heterocycles. The standard InChI is InChI=1S/C28H41NO5/c1-2-13-28(14-8-15-28)27(34)21-10-7-9-20(18-21)26-22(23(31)19-24(26)32)11-5-3-4-6-12-25(33)29-16-17-30/h3,5,7,9-10,18,22,24,26-27,30,32,34H,2,4,6,8,11-17,19H2,1H3,(H,29,33)/b5-3-/t22-,24+,26+,27?/m0/s1. The molecule has 2 aliphatic rings. The number of benzene rings is 1. The summed E-state index contributed by atoms with van der Waals surface area (Å²) >= 11 is 0. The molecular weight excluding hydrogens is 430 g/mol. The van der Waals surface area contributed by atoms with E-state index in [1.807, 2.05) is 36.4 Å². The van der Waals surface area contributed by atoms with Gasteiger partial charge in [0.25, 0.3) is 0 Å². The summed E-state index contributed by atoms with van der Waals surface area (Å²) in [5.41, 5.74) is 1.79. The molecule has 4 atom stereocenters. The van der Waals surface area contributed by atoms with Gasteiger partial charge in [0.1, 0.15) is 5.78 Å². The number of rotatable bonds is 13. The molecule has 1 aromatic rings. The van der Waals surface area contributed by atoms with Crippen LogP contribution in [0.2, 0.25) is 0 Å². The summed E-state index contributed by atoms with van der Waals surface area (Å²) in [6.45, 7) is 2.38. The number of aliphatic hydroxyl groups is 3. The van der Waals surface area contributed by atoms with E-state index >= 15 is 0 Å². The Balaban J connectivity index is 1.62. The molecule has 188 valence electrons. The number of aliphatic hydroxyl groups excluding tert-OH is 3. The van der Waals surface area contributed by atoms with Gasteiger partial charge in [0.2, 0.25) is 5.91 Å². The van der Waals surface area contributed by atoms with Crippen molar-refractivity contribution in [1.82, 2.24) is 5.32 Å². The predicted molar refractivity (Wildman–Crippen MR) is 132 cm³/mol. The Morgan fingerprint density at radius 1 is 1.29 bits per heavy atom. The van der Waals surface area contributed by atoms with Crippen molar-refractivity contribution in [3.05, 3.63) is 47.5 Å². The molecule has 2 fully saturated rings. The minimum Gasteiger partial charge on any atom is -0.395 e. The van der Waals surface area contributed by atoms with E-state index in [1.165, 1.54) is 0 Å². The highest BCUT2D eigenvalue weighted by Gasteiger charge is 2.44. The SMILES string of the molecule is CCCC1(C(O)c2cccc([C@H]3[C@H](O)CC(=O)[C@@H]3C/C=C\CCCC(=O)NCCO)c2)CCC1. The Kier molecular flexibility index (Phi) is 9.86. The Morgan fingerprint density at radius 2 is 2.09 bits per heavy atom. The molecule has 0 bridgehead atoms. The zero-order valence-corrected chi connectivity index (χ0v) is 20.4. The second-order valence-corrected chi connectivity index (χ2v) is 10.1. The maximum atomic E-state index is 12.7. The van der Waals surface area contributed by atoms with Gasteiger partial charge in [-0.3, -0.25) is 9.59 Å². The number of amides is 1. The molecule has 1 amide bonds. The minimum absolute atomic E-state index is 0.0331. The zero-order chi connectivity index (χ0) is 24.6. The van der Waals surface area contributed by atoms with E-state index in [9.17, 15) is 19.8 Å². The van der Waals surface area contributed by atoms with Crippen molar-refractivity contribution >= 4 is 11.7 Å². The van der Waals surface area contributed by atoms with E-state index in [0.717, 1.165) is 49.7 Å². The molecule has 3 rings (SSSR count). The van der Waals surface area contributed by atoms with Gasteiger partial charge in [0, 0.05) is 36.6 Å². The lowest BCUT2D eigenvalue weighted by Gasteiger charge is -2.46. The number of hydrogen-bond acceptors (Lipinski definition) is 5. The Bertz CT molecular complexity index is 847. The molecule has 4 N–H and O–H groups in total. The van der Waals surface area contributed by atoms with Gasteiger partial charge in [-0.05, 0) is 49.7 Å². The van der Waals surface area contributed by atoms with E-state index in [2.05, 4.69) is 12.2 Å². The summed E-state index contributed by atoms with van der Waals surface area (Å²) in [6.07, 6.45) is 10.7. The lowest BCUT2D eigenvalue weighted by Crippen LogP contribution is -2.36. The van der Waals surface area contributed by atoms with Gasteiger partial charge in [0.15, 0.2) is 0 Å². The topological polar surface area (TPSA) is 107 Å². The first-order valence-electron chi connectivity index (χ1n) is 12.9. The average molecular weight is 472 g/mol. The summed E-state index contributed by atoms with van der Waals surface area (Å²) in [5, 5.41) is 33.3. The van der Waals surface area contributed by atoms with Crippen molar-refractivity contribution < 1.29 is 24.9 Å². The molecule has 1 unspecified atom stereocenters. The van der Waals surface area contributed by atoms with Crippen molar-refractivity contribution in [2.45, 2.75) is 89.3 Å². The largest absolute Gasteiger partial charge is 0.395 e. The van der Waals surface area contributed by atoms with Crippen molar-refractivity contribution in [3.8, 4) is 0 Å². The number of carbonyl (C=O) groups excluding carboxylic acids is 2. The highest BCUT2D eigenvalue weighted by Crippen LogP contribution is 2.53. The number of unbranched alkanes of at least 4 members (excludes halogenated alkanes) is 1. The van der Waals surface area contributed by atoms with Crippen LogP contribution in [-0.2, 0) is 9.59 Å². The molecule has 6 heteroatoms. The van der Waals surface area contributed by atoms with Crippen molar-refractivity contribution in [3.63, 3.8) is 0 Å². The third-order valence-corrected chi connectivity index (χ3v) is 7.73. The first-order chi connectivity index (χ1) is 16.4. The zero-order valence-electron chi connectivity index (χ0n) is 20.4. The minimum atomic E-state index is -0.707. The van der Waals surface area contributed by atoms with Crippen LogP contribution in [-0.4, -0.2) is 46.3 Å². The lowest BCUT2D eigenvalue weighted by molar-refractivity contribution is -0.121. The molecule has 0 aliphatic heterocycles. The molecule has 0 heterocycles. The highest BCUT2D eigenvalue weighted by atomic mass is 16.3. The fourth-order valence-corrected chi connectivity index (χ4v) is 5.79. The van der Waals surface area contributed by atoms with Crippen LogP contribution < -0.4 is 5.32 Å². The van der Waals surface area contributed by atoms with Crippen LogP contribution in [0.5, 0.6) is 0 Å². The molecule has 0 spiro atoms. The molecule has 2 saturated carbocycles. The fourth-order valence-electron chi connectivity index (χ4n) is 5.79. The van der Waals surface area contributed by atoms with Crippen molar-refractivity contribution in [2.75, 3.05) is 13.2 Å². The van der Waals surface area contributed by atoms with Crippen LogP contribution in [0.15, 0.2) is 36.4 Å². The third kappa shape index (κ3) is 6.35. The van der Waals surface area contributed by atoms with Gasteiger partial charge in [-0.25, -0.2) is 0 Å². The van der Waals surface area contributed by atoms with Gasteiger partial charge in [-0.2, -0.15) is 0 Å².